The van der Waals surface area contributed by atoms with Crippen LogP contribution in [-0.2, 0) is 4.74 Å². The van der Waals surface area contributed by atoms with Gasteiger partial charge in [-0.25, -0.2) is 0 Å². The van der Waals surface area contributed by atoms with Crippen LogP contribution in [0.4, 0.5) is 0 Å². The van der Waals surface area contributed by atoms with E-state index in [4.69, 9.17) is 4.74 Å². The molecule has 0 spiro atoms. The van der Waals surface area contributed by atoms with E-state index < -0.39 is 5.60 Å². The van der Waals surface area contributed by atoms with Crippen molar-refractivity contribution in [1.29, 1.82) is 0 Å². The molecule has 2 rings (SSSR count). The summed E-state index contributed by atoms with van der Waals surface area (Å²) in [6, 6.07) is 0. The van der Waals surface area contributed by atoms with E-state index in [0.29, 0.717) is 18.1 Å². The highest BCUT2D eigenvalue weighted by Crippen LogP contribution is 2.41. The Morgan fingerprint density at radius 1 is 1.58 bits per heavy atom. The first-order valence-electron chi connectivity index (χ1n) is 4.57. The lowest BCUT2D eigenvalue weighted by Crippen LogP contribution is -2.27. The molecule has 0 bridgehead atoms. The quantitative estimate of drug-likeness (QED) is 0.475. The molecule has 1 fully saturated rings. The normalized spacial score (nSPS) is 40.3. The average Bonchev–Trinajstić information content (AvgIpc) is 2.63. The Hall–Kier alpha value is -0.340. The van der Waals surface area contributed by atoms with Crippen molar-refractivity contribution >= 4 is 0 Å². The molecule has 2 aliphatic rings. The minimum Gasteiger partial charge on any atom is -0.386 e. The largest absolute Gasteiger partial charge is 0.386 e. The molecule has 2 nitrogen and oxygen atoms in total. The van der Waals surface area contributed by atoms with E-state index in [9.17, 15) is 5.11 Å². The van der Waals surface area contributed by atoms with E-state index >= 15 is 0 Å². The third-order valence-electron chi connectivity index (χ3n) is 2.82. The number of fused-ring (bicyclic) bond motifs is 1. The summed E-state index contributed by atoms with van der Waals surface area (Å²) in [5.41, 5.74) is 0.472. The van der Waals surface area contributed by atoms with Gasteiger partial charge in [-0.3, -0.25) is 0 Å². The Labute approximate surface area is 73.2 Å². The Bertz CT molecular complexity index is 224. The molecule has 2 heteroatoms. The van der Waals surface area contributed by atoms with Crippen molar-refractivity contribution in [2.24, 2.45) is 5.92 Å². The molecular formula is C10H16O2. The molecule has 0 aromatic carbocycles. The van der Waals surface area contributed by atoms with Crippen molar-refractivity contribution in [2.45, 2.75) is 45.0 Å². The lowest BCUT2D eigenvalue weighted by atomic mass is 9.83. The Morgan fingerprint density at radius 2 is 2.25 bits per heavy atom. The molecule has 1 aliphatic carbocycles. The number of epoxide rings is 1. The highest BCUT2D eigenvalue weighted by atomic mass is 16.6. The summed E-state index contributed by atoms with van der Waals surface area (Å²) in [5, 5.41) is 9.77. The van der Waals surface area contributed by atoms with Crippen molar-refractivity contribution in [3.05, 3.63) is 11.6 Å². The summed E-state index contributed by atoms with van der Waals surface area (Å²) in [5.74, 6) is 0.571. The van der Waals surface area contributed by atoms with Crippen LogP contribution in [0.1, 0.15) is 27.2 Å². The maximum Gasteiger partial charge on any atom is 0.103 e. The molecule has 0 radical (unpaired) electrons. The van der Waals surface area contributed by atoms with Gasteiger partial charge in [0.2, 0.25) is 0 Å². The van der Waals surface area contributed by atoms with Crippen LogP contribution in [-0.4, -0.2) is 22.9 Å². The number of rotatable bonds is 1. The van der Waals surface area contributed by atoms with Gasteiger partial charge < -0.3 is 9.84 Å². The highest BCUT2D eigenvalue weighted by Gasteiger charge is 2.46. The summed E-state index contributed by atoms with van der Waals surface area (Å²) in [6.07, 6.45) is 3.81. The number of hydrogen-bond donors (Lipinski definition) is 1. The van der Waals surface area contributed by atoms with Gasteiger partial charge >= 0.3 is 0 Å². The maximum absolute atomic E-state index is 9.77. The van der Waals surface area contributed by atoms with E-state index in [1.165, 1.54) is 0 Å². The first-order chi connectivity index (χ1) is 5.48. The zero-order valence-electron chi connectivity index (χ0n) is 7.87. The van der Waals surface area contributed by atoms with Gasteiger partial charge in [0.25, 0.3) is 0 Å². The number of hydrogen-bond acceptors (Lipinski definition) is 2. The molecule has 1 aliphatic heterocycles. The van der Waals surface area contributed by atoms with Gasteiger partial charge in [-0.05, 0) is 31.8 Å². The Morgan fingerprint density at radius 3 is 2.75 bits per heavy atom. The Kier molecular flexibility index (Phi) is 1.61. The second-order valence-electron chi connectivity index (χ2n) is 4.50. The molecule has 1 unspecified atom stereocenters. The molecule has 3 atom stereocenters. The monoisotopic (exact) mass is 168 g/mol. The number of aliphatic hydroxyl groups is 1. The SMILES string of the molecule is C[C@H]1CC(C(C)(C)O)=C[C@@H]2OC21. The van der Waals surface area contributed by atoms with Crippen molar-refractivity contribution < 1.29 is 9.84 Å². The molecular weight excluding hydrogens is 152 g/mol. The predicted octanol–water partition coefficient (Wildman–Crippen LogP) is 1.49. The lowest BCUT2D eigenvalue weighted by Gasteiger charge is -2.26. The van der Waals surface area contributed by atoms with Crippen molar-refractivity contribution in [3.63, 3.8) is 0 Å². The van der Waals surface area contributed by atoms with Crippen molar-refractivity contribution in [1.82, 2.24) is 0 Å². The molecule has 12 heavy (non-hydrogen) atoms. The van der Waals surface area contributed by atoms with Crippen LogP contribution in [0.5, 0.6) is 0 Å². The molecule has 1 N–H and O–H groups in total. The van der Waals surface area contributed by atoms with Crippen LogP contribution < -0.4 is 0 Å². The minimum atomic E-state index is -0.662. The first kappa shape index (κ1) is 8.27. The van der Waals surface area contributed by atoms with Crippen LogP contribution in [0, 0.1) is 5.92 Å². The molecule has 0 amide bonds. The smallest absolute Gasteiger partial charge is 0.103 e. The average molecular weight is 168 g/mol. The third kappa shape index (κ3) is 1.29. The van der Waals surface area contributed by atoms with Crippen LogP contribution in [0.2, 0.25) is 0 Å². The van der Waals surface area contributed by atoms with Crippen LogP contribution in [0.25, 0.3) is 0 Å². The van der Waals surface area contributed by atoms with Gasteiger partial charge in [0.15, 0.2) is 0 Å². The standard InChI is InChI=1S/C10H16O2/c1-6-4-7(10(2,3)11)5-8-9(6)12-8/h5-6,8-9,11H,4H2,1-3H3/t6-,8-,9?/m0/s1. The summed E-state index contributed by atoms with van der Waals surface area (Å²) >= 11 is 0. The fourth-order valence-corrected chi connectivity index (χ4v) is 1.91. The van der Waals surface area contributed by atoms with E-state index in [-0.39, 0.29) is 0 Å². The highest BCUT2D eigenvalue weighted by molar-refractivity contribution is 5.24. The summed E-state index contributed by atoms with van der Waals surface area (Å²) in [6.45, 7) is 5.87. The number of ether oxygens (including phenoxy) is 1. The van der Waals surface area contributed by atoms with E-state index in [2.05, 4.69) is 13.0 Å². The van der Waals surface area contributed by atoms with Gasteiger partial charge in [-0.2, -0.15) is 0 Å². The van der Waals surface area contributed by atoms with Crippen LogP contribution in [0.15, 0.2) is 11.6 Å². The molecule has 68 valence electrons. The molecule has 0 aromatic rings. The van der Waals surface area contributed by atoms with E-state index in [0.717, 1.165) is 12.0 Å². The topological polar surface area (TPSA) is 32.8 Å². The predicted molar refractivity (Wildman–Crippen MR) is 46.8 cm³/mol. The van der Waals surface area contributed by atoms with Gasteiger partial charge in [-0.15, -0.1) is 0 Å². The minimum absolute atomic E-state index is 0.301. The second kappa shape index (κ2) is 2.33. The third-order valence-corrected chi connectivity index (χ3v) is 2.82. The van der Waals surface area contributed by atoms with E-state index in [1.54, 1.807) is 0 Å². The van der Waals surface area contributed by atoms with E-state index in [1.807, 2.05) is 13.8 Å². The Balaban J connectivity index is 2.17. The molecule has 0 saturated carbocycles. The van der Waals surface area contributed by atoms with Crippen molar-refractivity contribution in [2.75, 3.05) is 0 Å². The zero-order valence-corrected chi connectivity index (χ0v) is 7.87. The fourth-order valence-electron chi connectivity index (χ4n) is 1.91. The van der Waals surface area contributed by atoms with Gasteiger partial charge in [0.1, 0.15) is 6.10 Å². The second-order valence-corrected chi connectivity index (χ2v) is 4.50. The maximum atomic E-state index is 9.77. The van der Waals surface area contributed by atoms with Gasteiger partial charge in [0.05, 0.1) is 11.7 Å². The zero-order chi connectivity index (χ0) is 8.93. The van der Waals surface area contributed by atoms with Gasteiger partial charge in [-0.1, -0.05) is 13.0 Å². The summed E-state index contributed by atoms with van der Waals surface area (Å²) in [7, 11) is 0. The first-order valence-corrected chi connectivity index (χ1v) is 4.57. The molecule has 0 aromatic heterocycles. The molecule has 1 heterocycles. The summed E-state index contributed by atoms with van der Waals surface area (Å²) < 4.78 is 5.43. The lowest BCUT2D eigenvalue weighted by molar-refractivity contribution is 0.111. The summed E-state index contributed by atoms with van der Waals surface area (Å²) in [4.78, 5) is 0. The van der Waals surface area contributed by atoms with Crippen LogP contribution in [0.3, 0.4) is 0 Å². The van der Waals surface area contributed by atoms with Crippen LogP contribution >= 0.6 is 0 Å². The fraction of sp³-hybridized carbons (Fsp3) is 0.800. The van der Waals surface area contributed by atoms with Crippen molar-refractivity contribution in [3.8, 4) is 0 Å². The molecule has 1 saturated heterocycles. The van der Waals surface area contributed by atoms with Gasteiger partial charge in [0, 0.05) is 0 Å².